The van der Waals surface area contributed by atoms with Crippen LogP contribution in [0, 0.1) is 13.8 Å². The van der Waals surface area contributed by atoms with Gasteiger partial charge in [-0.2, -0.15) is 0 Å². The topological polar surface area (TPSA) is 63.6 Å². The van der Waals surface area contributed by atoms with Gasteiger partial charge in [0.2, 0.25) is 0 Å². The van der Waals surface area contributed by atoms with Gasteiger partial charge in [-0.1, -0.05) is 34.9 Å². The number of benzene rings is 1. The first kappa shape index (κ1) is 32.1. The smallest absolute Gasteiger partial charge is 0.311 e. The van der Waals surface area contributed by atoms with E-state index in [1.807, 2.05) is 37.7 Å². The fourth-order valence-electron chi connectivity index (χ4n) is 3.54. The summed E-state index contributed by atoms with van der Waals surface area (Å²) in [5, 5.41) is 8.75. The SMILES string of the molecule is CC(C)=CCCC(C)=CCCC(C)=CCSC(C)(C)Sc1cc(C)c(OC(=O)CCC(=O)O)c(C)c1. The molecule has 0 aromatic heterocycles. The van der Waals surface area contributed by atoms with Gasteiger partial charge in [0.15, 0.2) is 0 Å². The fraction of sp³-hybridized carbons (Fsp3) is 0.533. The number of carbonyl (C=O) groups excluding carboxylic acids is 1. The van der Waals surface area contributed by atoms with E-state index in [1.54, 1.807) is 11.8 Å². The zero-order chi connectivity index (χ0) is 27.3. The standard InChI is InChI=1S/C30H44O4S2/c1-21(2)11-9-12-22(3)13-10-14-23(4)17-18-35-30(7,8)36-26-19-24(5)29(25(6)20-26)34-28(33)16-15-27(31)32/h11,13,17,19-20H,9-10,12,14-16,18H2,1-8H3,(H,31,32). The van der Waals surface area contributed by atoms with E-state index in [0.29, 0.717) is 5.75 Å². The predicted octanol–water partition coefficient (Wildman–Crippen LogP) is 9.05. The predicted molar refractivity (Wildman–Crippen MR) is 156 cm³/mol. The van der Waals surface area contributed by atoms with E-state index >= 15 is 0 Å². The molecule has 0 aliphatic rings. The van der Waals surface area contributed by atoms with E-state index in [0.717, 1.165) is 47.5 Å². The van der Waals surface area contributed by atoms with Gasteiger partial charge >= 0.3 is 11.9 Å². The van der Waals surface area contributed by atoms with Gasteiger partial charge in [-0.05, 0) is 104 Å². The summed E-state index contributed by atoms with van der Waals surface area (Å²) in [4.78, 5) is 23.8. The Bertz CT molecular complexity index is 960. The highest BCUT2D eigenvalue weighted by molar-refractivity contribution is 8.18. The van der Waals surface area contributed by atoms with E-state index in [1.165, 1.54) is 16.7 Å². The number of esters is 1. The molecule has 6 heteroatoms. The number of hydrogen-bond acceptors (Lipinski definition) is 5. The largest absolute Gasteiger partial charge is 0.481 e. The molecule has 0 unspecified atom stereocenters. The van der Waals surface area contributed by atoms with Crippen LogP contribution < -0.4 is 4.74 Å². The molecule has 0 aliphatic carbocycles. The zero-order valence-electron chi connectivity index (χ0n) is 23.3. The highest BCUT2D eigenvalue weighted by Crippen LogP contribution is 2.43. The van der Waals surface area contributed by atoms with Crippen molar-refractivity contribution in [3.8, 4) is 5.75 Å². The lowest BCUT2D eigenvalue weighted by molar-refractivity contribution is -0.142. The number of ether oxygens (including phenoxy) is 1. The number of aryl methyl sites for hydroxylation is 2. The van der Waals surface area contributed by atoms with Gasteiger partial charge < -0.3 is 9.84 Å². The van der Waals surface area contributed by atoms with E-state index in [2.05, 4.69) is 59.8 Å². The Labute approximate surface area is 227 Å². The molecule has 1 rings (SSSR count). The molecule has 0 spiro atoms. The maximum atomic E-state index is 12.0. The van der Waals surface area contributed by atoms with Crippen LogP contribution in [-0.4, -0.2) is 26.9 Å². The summed E-state index contributed by atoms with van der Waals surface area (Å²) >= 11 is 3.72. The van der Waals surface area contributed by atoms with E-state index in [4.69, 9.17) is 9.84 Å². The Balaban J connectivity index is 2.59. The Morgan fingerprint density at radius 3 is 2.00 bits per heavy atom. The number of rotatable bonds is 15. The number of hydrogen-bond donors (Lipinski definition) is 1. The number of thioether (sulfide) groups is 2. The average molecular weight is 533 g/mol. The normalized spacial score (nSPS) is 12.4. The van der Waals surface area contributed by atoms with Crippen LogP contribution in [0.5, 0.6) is 5.75 Å². The van der Waals surface area contributed by atoms with Crippen LogP contribution in [0.25, 0.3) is 0 Å². The van der Waals surface area contributed by atoms with Gasteiger partial charge in [0.05, 0.1) is 16.9 Å². The number of carboxylic acid groups (broad SMARTS) is 1. The number of aliphatic carboxylic acids is 1. The second-order valence-corrected chi connectivity index (χ2v) is 13.6. The molecule has 0 bridgehead atoms. The lowest BCUT2D eigenvalue weighted by Crippen LogP contribution is -2.12. The van der Waals surface area contributed by atoms with Crippen LogP contribution >= 0.6 is 23.5 Å². The summed E-state index contributed by atoms with van der Waals surface area (Å²) in [6.45, 7) is 17.0. The second-order valence-electron chi connectivity index (χ2n) is 10.0. The molecule has 0 radical (unpaired) electrons. The van der Waals surface area contributed by atoms with Crippen molar-refractivity contribution in [3.05, 3.63) is 58.2 Å². The Morgan fingerprint density at radius 1 is 0.889 bits per heavy atom. The van der Waals surface area contributed by atoms with Crippen LogP contribution in [-0.2, 0) is 9.59 Å². The molecule has 1 aromatic rings. The third kappa shape index (κ3) is 14.0. The zero-order valence-corrected chi connectivity index (χ0v) is 25.0. The van der Waals surface area contributed by atoms with E-state index in [9.17, 15) is 9.59 Å². The van der Waals surface area contributed by atoms with Crippen molar-refractivity contribution in [1.29, 1.82) is 0 Å². The van der Waals surface area contributed by atoms with Crippen LogP contribution in [0.3, 0.4) is 0 Å². The quantitative estimate of drug-likeness (QED) is 0.0799. The molecule has 0 saturated heterocycles. The molecule has 0 amide bonds. The maximum Gasteiger partial charge on any atom is 0.311 e. The molecule has 1 aromatic carbocycles. The molecular weight excluding hydrogens is 488 g/mol. The Morgan fingerprint density at radius 2 is 1.44 bits per heavy atom. The summed E-state index contributed by atoms with van der Waals surface area (Å²) in [6, 6.07) is 4.07. The van der Waals surface area contributed by atoms with E-state index in [-0.39, 0.29) is 16.9 Å². The summed E-state index contributed by atoms with van der Waals surface area (Å²) in [7, 11) is 0. The fourth-order valence-corrected chi connectivity index (χ4v) is 6.08. The molecule has 0 aliphatic heterocycles. The first-order chi connectivity index (χ1) is 16.8. The molecule has 4 nitrogen and oxygen atoms in total. The van der Waals surface area contributed by atoms with Crippen molar-refractivity contribution in [3.63, 3.8) is 0 Å². The van der Waals surface area contributed by atoms with Gasteiger partial charge in [-0.15, -0.1) is 23.5 Å². The molecule has 0 heterocycles. The highest BCUT2D eigenvalue weighted by Gasteiger charge is 2.21. The summed E-state index contributed by atoms with van der Waals surface area (Å²) in [6.07, 6.45) is 11.1. The van der Waals surface area contributed by atoms with Crippen molar-refractivity contribution < 1.29 is 19.4 Å². The lowest BCUT2D eigenvalue weighted by Gasteiger charge is -2.24. The number of carboxylic acids is 1. The summed E-state index contributed by atoms with van der Waals surface area (Å²) < 4.78 is 5.43. The molecular formula is C30H44O4S2. The monoisotopic (exact) mass is 532 g/mol. The third-order valence-corrected chi connectivity index (χ3v) is 8.14. The van der Waals surface area contributed by atoms with Gasteiger partial charge in [0.25, 0.3) is 0 Å². The molecule has 1 N–H and O–H groups in total. The minimum absolute atomic E-state index is 0.0171. The second kappa shape index (κ2) is 16.0. The number of carbonyl (C=O) groups is 2. The Kier molecular flexibility index (Phi) is 14.3. The van der Waals surface area contributed by atoms with Crippen LogP contribution in [0.1, 0.15) is 91.2 Å². The summed E-state index contributed by atoms with van der Waals surface area (Å²) in [5.41, 5.74) is 6.04. The molecule has 200 valence electrons. The third-order valence-electron chi connectivity index (χ3n) is 5.54. The van der Waals surface area contributed by atoms with Crippen LogP contribution in [0.2, 0.25) is 0 Å². The van der Waals surface area contributed by atoms with Crippen molar-refractivity contribution in [2.45, 2.75) is 103 Å². The van der Waals surface area contributed by atoms with Crippen LogP contribution in [0.15, 0.2) is 52.0 Å². The maximum absolute atomic E-state index is 12.0. The van der Waals surface area contributed by atoms with Gasteiger partial charge in [-0.25, -0.2) is 0 Å². The first-order valence-corrected chi connectivity index (χ1v) is 14.4. The van der Waals surface area contributed by atoms with E-state index < -0.39 is 11.9 Å². The van der Waals surface area contributed by atoms with Gasteiger partial charge in [-0.3, -0.25) is 9.59 Å². The average Bonchev–Trinajstić information content (AvgIpc) is 2.74. The van der Waals surface area contributed by atoms with Crippen molar-refractivity contribution in [2.75, 3.05) is 5.75 Å². The van der Waals surface area contributed by atoms with Gasteiger partial charge in [0.1, 0.15) is 5.75 Å². The molecule has 0 saturated carbocycles. The van der Waals surface area contributed by atoms with Crippen molar-refractivity contribution in [1.82, 2.24) is 0 Å². The lowest BCUT2D eigenvalue weighted by atomic mass is 10.1. The van der Waals surface area contributed by atoms with Gasteiger partial charge in [0, 0.05) is 10.6 Å². The molecule has 36 heavy (non-hydrogen) atoms. The minimum atomic E-state index is -1.01. The number of allylic oxidation sites excluding steroid dienone is 5. The molecule has 0 fully saturated rings. The summed E-state index contributed by atoms with van der Waals surface area (Å²) in [5.74, 6) is -0.0298. The minimum Gasteiger partial charge on any atom is -0.481 e. The van der Waals surface area contributed by atoms with Crippen LogP contribution in [0.4, 0.5) is 0 Å². The Hall–Kier alpha value is -1.92. The van der Waals surface area contributed by atoms with Crippen molar-refractivity contribution in [2.24, 2.45) is 0 Å². The molecule has 0 atom stereocenters. The van der Waals surface area contributed by atoms with Crippen molar-refractivity contribution >= 4 is 35.5 Å². The highest BCUT2D eigenvalue weighted by atomic mass is 32.2. The first-order valence-electron chi connectivity index (χ1n) is 12.6.